The Morgan fingerprint density at radius 2 is 2.00 bits per heavy atom. The number of anilines is 1. The molecule has 1 aromatic heterocycles. The molecule has 1 aromatic carbocycles. The SMILES string of the molecule is Cc1cc(F)c(NC(=O)c2nc(C(=O)O)cs2)cc1F. The van der Waals surface area contributed by atoms with Crippen molar-refractivity contribution in [3.63, 3.8) is 0 Å². The first kappa shape index (κ1) is 14.1. The zero-order chi connectivity index (χ0) is 14.9. The second-order valence-electron chi connectivity index (χ2n) is 3.88. The Morgan fingerprint density at radius 3 is 2.60 bits per heavy atom. The van der Waals surface area contributed by atoms with Crippen molar-refractivity contribution in [3.05, 3.63) is 45.4 Å². The fourth-order valence-electron chi connectivity index (χ4n) is 1.39. The van der Waals surface area contributed by atoms with Gasteiger partial charge in [0.25, 0.3) is 5.91 Å². The maximum Gasteiger partial charge on any atom is 0.355 e. The van der Waals surface area contributed by atoms with Crippen LogP contribution in [0.25, 0.3) is 0 Å². The molecule has 0 aliphatic heterocycles. The van der Waals surface area contributed by atoms with E-state index in [1.54, 1.807) is 0 Å². The first-order valence-electron chi connectivity index (χ1n) is 5.34. The van der Waals surface area contributed by atoms with Crippen LogP contribution in [0.2, 0.25) is 0 Å². The number of aromatic nitrogens is 1. The summed E-state index contributed by atoms with van der Waals surface area (Å²) < 4.78 is 26.9. The Bertz CT molecular complexity index is 700. The average molecular weight is 298 g/mol. The number of amides is 1. The molecule has 1 amide bonds. The van der Waals surface area contributed by atoms with Crippen molar-refractivity contribution in [2.75, 3.05) is 5.32 Å². The minimum atomic E-state index is -1.27. The molecular weight excluding hydrogens is 290 g/mol. The van der Waals surface area contributed by atoms with E-state index < -0.39 is 23.5 Å². The van der Waals surface area contributed by atoms with Crippen molar-refractivity contribution < 1.29 is 23.5 Å². The minimum absolute atomic E-state index is 0.114. The molecule has 0 radical (unpaired) electrons. The van der Waals surface area contributed by atoms with Gasteiger partial charge in [-0.1, -0.05) is 0 Å². The molecule has 0 unspecified atom stereocenters. The summed E-state index contributed by atoms with van der Waals surface area (Å²) in [6.45, 7) is 1.39. The predicted octanol–water partition coefficient (Wildman–Crippen LogP) is 2.68. The second kappa shape index (κ2) is 5.33. The normalized spacial score (nSPS) is 10.3. The number of hydrogen-bond donors (Lipinski definition) is 2. The van der Waals surface area contributed by atoms with Crippen LogP contribution in [0.5, 0.6) is 0 Å². The van der Waals surface area contributed by atoms with Gasteiger partial charge < -0.3 is 10.4 Å². The zero-order valence-corrected chi connectivity index (χ0v) is 10.9. The number of carbonyl (C=O) groups is 2. The summed E-state index contributed by atoms with van der Waals surface area (Å²) in [5.41, 5.74) is -0.496. The highest BCUT2D eigenvalue weighted by Gasteiger charge is 2.17. The standard InChI is InChI=1S/C12H8F2N2O3S/c1-5-2-7(14)8(3-6(5)13)15-10(17)11-16-9(4-20-11)12(18)19/h2-4H,1H3,(H,15,17)(H,18,19). The molecule has 0 saturated heterocycles. The first-order valence-corrected chi connectivity index (χ1v) is 6.22. The Balaban J connectivity index is 2.23. The Kier molecular flexibility index (Phi) is 3.75. The van der Waals surface area contributed by atoms with Gasteiger partial charge in [-0.2, -0.15) is 0 Å². The fraction of sp³-hybridized carbons (Fsp3) is 0.0833. The average Bonchev–Trinajstić information content (AvgIpc) is 2.85. The maximum absolute atomic E-state index is 13.5. The van der Waals surface area contributed by atoms with Crippen LogP contribution in [0.1, 0.15) is 25.9 Å². The van der Waals surface area contributed by atoms with Crippen LogP contribution in [0.3, 0.4) is 0 Å². The molecule has 0 saturated carbocycles. The Hall–Kier alpha value is -2.35. The molecule has 2 aromatic rings. The number of aryl methyl sites for hydroxylation is 1. The molecule has 104 valence electrons. The second-order valence-corrected chi connectivity index (χ2v) is 4.74. The molecule has 0 spiro atoms. The van der Waals surface area contributed by atoms with Crippen LogP contribution in [-0.2, 0) is 0 Å². The van der Waals surface area contributed by atoms with Crippen LogP contribution in [0.4, 0.5) is 14.5 Å². The molecule has 0 aliphatic carbocycles. The monoisotopic (exact) mass is 298 g/mol. The fourth-order valence-corrected chi connectivity index (χ4v) is 2.08. The lowest BCUT2D eigenvalue weighted by Crippen LogP contribution is -2.13. The van der Waals surface area contributed by atoms with E-state index in [0.29, 0.717) is 0 Å². The number of carbonyl (C=O) groups excluding carboxylic acids is 1. The molecule has 8 heteroatoms. The van der Waals surface area contributed by atoms with E-state index in [2.05, 4.69) is 10.3 Å². The number of carboxylic acids is 1. The lowest BCUT2D eigenvalue weighted by atomic mass is 10.2. The van der Waals surface area contributed by atoms with Crippen molar-refractivity contribution >= 4 is 28.9 Å². The number of nitrogens with one attached hydrogen (secondary N) is 1. The van der Waals surface area contributed by atoms with Crippen molar-refractivity contribution in [2.24, 2.45) is 0 Å². The predicted molar refractivity (Wildman–Crippen MR) is 68.1 cm³/mol. The lowest BCUT2D eigenvalue weighted by molar-refractivity contribution is 0.0691. The van der Waals surface area contributed by atoms with Crippen molar-refractivity contribution in [3.8, 4) is 0 Å². The van der Waals surface area contributed by atoms with Gasteiger partial charge in [-0.05, 0) is 18.6 Å². The van der Waals surface area contributed by atoms with Gasteiger partial charge in [-0.15, -0.1) is 11.3 Å². The molecule has 5 nitrogen and oxygen atoms in total. The van der Waals surface area contributed by atoms with E-state index in [-0.39, 0.29) is 22.0 Å². The van der Waals surface area contributed by atoms with Crippen molar-refractivity contribution in [1.82, 2.24) is 4.98 Å². The number of halogens is 2. The highest BCUT2D eigenvalue weighted by Crippen LogP contribution is 2.20. The van der Waals surface area contributed by atoms with E-state index in [1.807, 2.05) is 0 Å². The van der Waals surface area contributed by atoms with Crippen LogP contribution < -0.4 is 5.32 Å². The van der Waals surface area contributed by atoms with E-state index in [4.69, 9.17) is 5.11 Å². The third-order valence-electron chi connectivity index (χ3n) is 2.41. The molecule has 0 fully saturated rings. The summed E-state index contributed by atoms with van der Waals surface area (Å²) in [5, 5.41) is 11.9. The first-order chi connectivity index (χ1) is 9.38. The molecule has 2 N–H and O–H groups in total. The molecular formula is C12H8F2N2O3S. The number of benzene rings is 1. The Morgan fingerprint density at radius 1 is 1.30 bits per heavy atom. The number of carboxylic acid groups (broad SMARTS) is 1. The van der Waals surface area contributed by atoms with E-state index >= 15 is 0 Å². The summed E-state index contributed by atoms with van der Waals surface area (Å²) >= 11 is 0.798. The number of hydrogen-bond acceptors (Lipinski definition) is 4. The van der Waals surface area contributed by atoms with Gasteiger partial charge in [0.1, 0.15) is 11.6 Å². The van der Waals surface area contributed by atoms with Crippen LogP contribution >= 0.6 is 11.3 Å². The maximum atomic E-state index is 13.5. The van der Waals surface area contributed by atoms with Crippen LogP contribution in [0, 0.1) is 18.6 Å². The summed E-state index contributed by atoms with van der Waals surface area (Å²) in [5.74, 6) is -3.52. The van der Waals surface area contributed by atoms with Crippen LogP contribution in [-0.4, -0.2) is 22.0 Å². The van der Waals surface area contributed by atoms with Crippen LogP contribution in [0.15, 0.2) is 17.5 Å². The van der Waals surface area contributed by atoms with Gasteiger partial charge in [0.05, 0.1) is 5.69 Å². The largest absolute Gasteiger partial charge is 0.476 e. The topological polar surface area (TPSA) is 79.3 Å². The molecule has 0 bridgehead atoms. The quantitative estimate of drug-likeness (QED) is 0.913. The molecule has 0 aliphatic rings. The summed E-state index contributed by atoms with van der Waals surface area (Å²) in [6, 6.07) is 1.81. The zero-order valence-electron chi connectivity index (χ0n) is 10.1. The third-order valence-corrected chi connectivity index (χ3v) is 3.26. The summed E-state index contributed by atoms with van der Waals surface area (Å²) in [7, 11) is 0. The van der Waals surface area contributed by atoms with E-state index in [9.17, 15) is 18.4 Å². The van der Waals surface area contributed by atoms with Gasteiger partial charge in [-0.25, -0.2) is 18.6 Å². The van der Waals surface area contributed by atoms with Gasteiger partial charge in [0.15, 0.2) is 10.7 Å². The van der Waals surface area contributed by atoms with Crippen molar-refractivity contribution in [2.45, 2.75) is 6.92 Å². The highest BCUT2D eigenvalue weighted by molar-refractivity contribution is 7.12. The highest BCUT2D eigenvalue weighted by atomic mass is 32.1. The third kappa shape index (κ3) is 2.80. The lowest BCUT2D eigenvalue weighted by Gasteiger charge is -2.06. The summed E-state index contributed by atoms with van der Waals surface area (Å²) in [4.78, 5) is 26.0. The van der Waals surface area contributed by atoms with Gasteiger partial charge in [0, 0.05) is 11.4 Å². The van der Waals surface area contributed by atoms with Gasteiger partial charge in [0.2, 0.25) is 0 Å². The summed E-state index contributed by atoms with van der Waals surface area (Å²) in [6.07, 6.45) is 0. The molecule has 1 heterocycles. The van der Waals surface area contributed by atoms with E-state index in [0.717, 1.165) is 23.5 Å². The van der Waals surface area contributed by atoms with Gasteiger partial charge in [-0.3, -0.25) is 4.79 Å². The minimum Gasteiger partial charge on any atom is -0.476 e. The number of aromatic carboxylic acids is 1. The molecule has 20 heavy (non-hydrogen) atoms. The number of nitrogens with zero attached hydrogens (tertiary/aromatic N) is 1. The van der Waals surface area contributed by atoms with E-state index in [1.165, 1.54) is 12.3 Å². The van der Waals surface area contributed by atoms with Crippen molar-refractivity contribution in [1.29, 1.82) is 0 Å². The molecule has 0 atom stereocenters. The van der Waals surface area contributed by atoms with Gasteiger partial charge >= 0.3 is 5.97 Å². The Labute approximate surface area is 115 Å². The number of rotatable bonds is 3. The molecule has 2 rings (SSSR count). The number of thiazole rings is 1. The smallest absolute Gasteiger partial charge is 0.355 e.